The Morgan fingerprint density at radius 2 is 1.75 bits per heavy atom. The van der Waals surface area contributed by atoms with Crippen LogP contribution in [-0.4, -0.2) is 18.3 Å². The number of hydrogen-bond acceptors (Lipinski definition) is 2. The summed E-state index contributed by atoms with van der Waals surface area (Å²) in [6, 6.07) is 6.58. The average molecular weight is 331 g/mol. The molecule has 0 bridgehead atoms. The van der Waals surface area contributed by atoms with Crippen LogP contribution >= 0.6 is 0 Å². The lowest BCUT2D eigenvalue weighted by atomic mass is 9.69. The zero-order valence-electron chi connectivity index (χ0n) is 16.1. The molecule has 3 atom stereocenters. The zero-order chi connectivity index (χ0) is 17.7. The van der Waals surface area contributed by atoms with Gasteiger partial charge in [-0.05, 0) is 67.7 Å². The molecule has 2 heteroatoms. The molecule has 0 amide bonds. The number of aryl methyl sites for hydroxylation is 1. The van der Waals surface area contributed by atoms with E-state index < -0.39 is 0 Å². The van der Waals surface area contributed by atoms with Gasteiger partial charge in [0.05, 0.1) is 13.2 Å². The molecule has 0 heterocycles. The maximum atomic E-state index is 9.96. The Kier molecular flexibility index (Phi) is 6.91. The third-order valence-corrected chi connectivity index (χ3v) is 5.53. The van der Waals surface area contributed by atoms with Crippen LogP contribution in [0.2, 0.25) is 0 Å². The fraction of sp³-hybridized carbons (Fsp3) is 0.636. The summed E-state index contributed by atoms with van der Waals surface area (Å²) < 4.78 is 5.35. The molecule has 0 saturated heterocycles. The van der Waals surface area contributed by atoms with Crippen molar-refractivity contribution in [2.75, 3.05) is 7.11 Å². The SMILES string of the molecule is CC.CC.COc1ccc2c(c1)CCC1=C3CC(O)CC3CCC12. The van der Waals surface area contributed by atoms with E-state index in [9.17, 15) is 5.11 Å². The number of benzene rings is 1. The molecule has 0 radical (unpaired) electrons. The van der Waals surface area contributed by atoms with Gasteiger partial charge >= 0.3 is 0 Å². The molecule has 1 aromatic rings. The third-order valence-electron chi connectivity index (χ3n) is 5.53. The summed E-state index contributed by atoms with van der Waals surface area (Å²) in [6.45, 7) is 8.00. The maximum Gasteiger partial charge on any atom is 0.119 e. The minimum Gasteiger partial charge on any atom is -0.497 e. The predicted octanol–water partition coefficient (Wildman–Crippen LogP) is 5.64. The van der Waals surface area contributed by atoms with Crippen molar-refractivity contribution >= 4 is 0 Å². The fourth-order valence-electron chi connectivity index (χ4n) is 4.64. The van der Waals surface area contributed by atoms with Gasteiger partial charge in [-0.25, -0.2) is 0 Å². The second kappa shape index (κ2) is 8.71. The molecular formula is C22H34O2. The van der Waals surface area contributed by atoms with Crippen LogP contribution < -0.4 is 4.74 Å². The quantitative estimate of drug-likeness (QED) is 0.675. The number of aliphatic hydroxyl groups excluding tert-OH is 1. The summed E-state index contributed by atoms with van der Waals surface area (Å²) in [4.78, 5) is 0. The highest BCUT2D eigenvalue weighted by Gasteiger charge is 2.38. The number of methoxy groups -OCH3 is 1. The predicted molar refractivity (Wildman–Crippen MR) is 102 cm³/mol. The first-order valence-electron chi connectivity index (χ1n) is 9.83. The third kappa shape index (κ3) is 3.54. The van der Waals surface area contributed by atoms with Crippen molar-refractivity contribution in [3.05, 3.63) is 40.5 Å². The first-order chi connectivity index (χ1) is 11.8. The largest absolute Gasteiger partial charge is 0.497 e. The van der Waals surface area contributed by atoms with E-state index in [1.54, 1.807) is 18.3 Å². The molecule has 1 N–H and O–H groups in total. The molecule has 0 aliphatic heterocycles. The summed E-state index contributed by atoms with van der Waals surface area (Å²) in [6.07, 6.45) is 6.68. The van der Waals surface area contributed by atoms with E-state index in [4.69, 9.17) is 4.74 Å². The van der Waals surface area contributed by atoms with E-state index in [1.165, 1.54) is 30.4 Å². The van der Waals surface area contributed by atoms with Crippen molar-refractivity contribution in [2.24, 2.45) is 5.92 Å². The lowest BCUT2D eigenvalue weighted by Crippen LogP contribution is -2.21. The summed E-state index contributed by atoms with van der Waals surface area (Å²) >= 11 is 0. The highest BCUT2D eigenvalue weighted by Crippen LogP contribution is 2.51. The highest BCUT2D eigenvalue weighted by atomic mass is 16.5. The smallest absolute Gasteiger partial charge is 0.119 e. The molecule has 24 heavy (non-hydrogen) atoms. The van der Waals surface area contributed by atoms with E-state index in [2.05, 4.69) is 18.2 Å². The molecule has 3 unspecified atom stereocenters. The van der Waals surface area contributed by atoms with E-state index in [-0.39, 0.29) is 6.10 Å². The number of fused-ring (bicyclic) bond motifs is 4. The Hall–Kier alpha value is -1.28. The fourth-order valence-corrected chi connectivity index (χ4v) is 4.64. The first-order valence-corrected chi connectivity index (χ1v) is 9.83. The van der Waals surface area contributed by atoms with Crippen LogP contribution in [0.5, 0.6) is 5.75 Å². The van der Waals surface area contributed by atoms with Crippen molar-refractivity contribution in [1.29, 1.82) is 0 Å². The van der Waals surface area contributed by atoms with Gasteiger partial charge in [0, 0.05) is 5.92 Å². The molecule has 3 aliphatic carbocycles. The number of allylic oxidation sites excluding steroid dienone is 1. The van der Waals surface area contributed by atoms with E-state index in [0.29, 0.717) is 11.8 Å². The van der Waals surface area contributed by atoms with Crippen LogP contribution in [-0.2, 0) is 6.42 Å². The Morgan fingerprint density at radius 1 is 1.00 bits per heavy atom. The molecule has 1 saturated carbocycles. The van der Waals surface area contributed by atoms with Crippen LogP contribution in [0.15, 0.2) is 29.3 Å². The Balaban J connectivity index is 0.000000487. The van der Waals surface area contributed by atoms with Crippen LogP contribution in [0.1, 0.15) is 76.8 Å². The number of aliphatic hydroxyl groups is 1. The minimum atomic E-state index is -0.0847. The van der Waals surface area contributed by atoms with Crippen molar-refractivity contribution < 1.29 is 9.84 Å². The molecule has 1 fully saturated rings. The molecule has 0 spiro atoms. The molecule has 2 nitrogen and oxygen atoms in total. The summed E-state index contributed by atoms with van der Waals surface area (Å²) in [7, 11) is 1.74. The highest BCUT2D eigenvalue weighted by molar-refractivity contribution is 5.47. The average Bonchev–Trinajstić information content (AvgIpc) is 3.04. The topological polar surface area (TPSA) is 29.5 Å². The monoisotopic (exact) mass is 330 g/mol. The summed E-state index contributed by atoms with van der Waals surface area (Å²) in [5.41, 5.74) is 6.25. The second-order valence-electron chi connectivity index (χ2n) is 6.54. The van der Waals surface area contributed by atoms with Crippen LogP contribution in [0.4, 0.5) is 0 Å². The minimum absolute atomic E-state index is 0.0847. The summed E-state index contributed by atoms with van der Waals surface area (Å²) in [5, 5.41) is 9.96. The second-order valence-corrected chi connectivity index (χ2v) is 6.54. The van der Waals surface area contributed by atoms with Gasteiger partial charge < -0.3 is 9.84 Å². The van der Waals surface area contributed by atoms with Gasteiger partial charge in [-0.1, -0.05) is 44.9 Å². The van der Waals surface area contributed by atoms with E-state index >= 15 is 0 Å². The van der Waals surface area contributed by atoms with Gasteiger partial charge in [0.1, 0.15) is 5.75 Å². The van der Waals surface area contributed by atoms with Crippen molar-refractivity contribution in [1.82, 2.24) is 0 Å². The van der Waals surface area contributed by atoms with Crippen LogP contribution in [0.3, 0.4) is 0 Å². The standard InChI is InChI=1S/C18H22O2.2C2H6/c1-20-14-4-7-15-12(9-14)3-6-17-16(15)5-2-11-8-13(19)10-18(11)17;2*1-2/h4,7,9,11,13,16,19H,2-3,5-6,8,10H2,1H3;2*1-2H3. The normalized spacial score (nSPS) is 26.8. The Bertz CT molecular complexity index is 573. The van der Waals surface area contributed by atoms with Gasteiger partial charge in [0.2, 0.25) is 0 Å². The molecule has 1 aromatic carbocycles. The maximum absolute atomic E-state index is 9.96. The van der Waals surface area contributed by atoms with Crippen LogP contribution in [0, 0.1) is 5.92 Å². The van der Waals surface area contributed by atoms with Gasteiger partial charge in [0.15, 0.2) is 0 Å². The lowest BCUT2D eigenvalue weighted by Gasteiger charge is -2.36. The number of hydrogen-bond donors (Lipinski definition) is 1. The number of ether oxygens (including phenoxy) is 1. The number of rotatable bonds is 1. The van der Waals surface area contributed by atoms with Crippen LogP contribution in [0.25, 0.3) is 0 Å². The molecule has 134 valence electrons. The van der Waals surface area contributed by atoms with E-state index in [0.717, 1.165) is 25.0 Å². The van der Waals surface area contributed by atoms with Gasteiger partial charge in [-0.3, -0.25) is 0 Å². The molecule has 0 aromatic heterocycles. The summed E-state index contributed by atoms with van der Waals surface area (Å²) in [5.74, 6) is 2.27. The first kappa shape index (κ1) is 19.1. The lowest BCUT2D eigenvalue weighted by molar-refractivity contribution is 0.177. The zero-order valence-corrected chi connectivity index (χ0v) is 16.1. The van der Waals surface area contributed by atoms with Crippen molar-refractivity contribution in [3.8, 4) is 5.75 Å². The van der Waals surface area contributed by atoms with Gasteiger partial charge in [0.25, 0.3) is 0 Å². The Morgan fingerprint density at radius 3 is 2.46 bits per heavy atom. The van der Waals surface area contributed by atoms with Gasteiger partial charge in [-0.2, -0.15) is 0 Å². The molecule has 3 aliphatic rings. The van der Waals surface area contributed by atoms with Crippen molar-refractivity contribution in [2.45, 2.75) is 78.2 Å². The van der Waals surface area contributed by atoms with E-state index in [1.807, 2.05) is 27.7 Å². The molecule has 4 rings (SSSR count). The Labute approximate surface area is 147 Å². The molecular weight excluding hydrogens is 296 g/mol. The van der Waals surface area contributed by atoms with Crippen molar-refractivity contribution in [3.63, 3.8) is 0 Å². The van der Waals surface area contributed by atoms with Gasteiger partial charge in [-0.15, -0.1) is 0 Å².